The summed E-state index contributed by atoms with van der Waals surface area (Å²) in [6.45, 7) is 5.96. The minimum atomic E-state index is 0.660. The molecule has 0 spiro atoms. The molecule has 0 unspecified atom stereocenters. The molecule has 1 aliphatic carbocycles. The first-order chi connectivity index (χ1) is 31.6. The van der Waals surface area contributed by atoms with Crippen LogP contribution in [0.5, 0.6) is 0 Å². The Bertz CT molecular complexity index is 3330. The van der Waals surface area contributed by atoms with Gasteiger partial charge >= 0.3 is 0 Å². The Balaban J connectivity index is 1.01. The molecule has 0 fully saturated rings. The second-order valence-electron chi connectivity index (χ2n) is 15.8. The van der Waals surface area contributed by atoms with Gasteiger partial charge in [-0.05, 0) is 95.3 Å². The molecule has 0 N–H and O–H groups in total. The van der Waals surface area contributed by atoms with Gasteiger partial charge < -0.3 is 0 Å². The number of fused-ring (bicyclic) bond motifs is 3. The number of hydrogen-bond donors (Lipinski definition) is 0. The van der Waals surface area contributed by atoms with Gasteiger partial charge in [-0.1, -0.05) is 170 Å². The molecular weight excluding hydrogens is 797 g/mol. The fourth-order valence-electron chi connectivity index (χ4n) is 8.24. The third-order valence-corrected chi connectivity index (χ3v) is 12.5. The van der Waals surface area contributed by atoms with E-state index < -0.39 is 0 Å². The predicted octanol–water partition coefficient (Wildman–Crippen LogP) is 15.6. The van der Waals surface area contributed by atoms with Crippen molar-refractivity contribution in [2.75, 3.05) is 0 Å². The van der Waals surface area contributed by atoms with Crippen molar-refractivity contribution in [2.45, 2.75) is 19.8 Å². The van der Waals surface area contributed by atoms with Crippen LogP contribution in [-0.4, -0.2) is 19.9 Å². The lowest BCUT2D eigenvalue weighted by atomic mass is 9.97. The molecule has 0 radical (unpaired) electrons. The fraction of sp³-hybridized carbons (Fsp3) is 0.0508. The average molecular weight is 841 g/mol. The van der Waals surface area contributed by atoms with Crippen LogP contribution in [0.25, 0.3) is 87.5 Å². The van der Waals surface area contributed by atoms with Crippen molar-refractivity contribution in [1.82, 2.24) is 19.9 Å². The van der Waals surface area contributed by atoms with Crippen molar-refractivity contribution in [1.29, 1.82) is 0 Å². The second-order valence-corrected chi connectivity index (χ2v) is 16.9. The standard InChI is InChI=1S/C59H44N4S/c1-3-17-42(18-4-2)59-62-54(41-21-11-5-6-12-22-41)39-55(63-59)49-28-16-26-45(35-49)47-30-32-57-52(37-47)51-36-46(29-31-56(51)64-57)44-25-15-27-48(34-44)53-38-50(33-40-19-9-7-10-20-40)60-58(61-53)43-23-13-8-14-24-43/h3-5,7-32,34-39H,1,6,33H2,2H3/b18-4-,42-17+. The second kappa shape index (κ2) is 18.2. The third kappa shape index (κ3) is 8.62. The molecule has 64 heavy (non-hydrogen) atoms. The summed E-state index contributed by atoms with van der Waals surface area (Å²) < 4.78 is 2.52. The SMILES string of the molecule is C=C/C=C(\C=C/C)c1nc(C2=CC=CCC=C2)cc(-c2cccc(-c3ccc4sc5ccc(-c6cccc(-c7cc(Cc8ccccc8)nc(-c8ccccc8)n7)c6)cc5c4c3)c2)n1. The Kier molecular flexibility index (Phi) is 11.5. The molecule has 9 aromatic rings. The van der Waals surface area contributed by atoms with E-state index in [1.165, 1.54) is 25.7 Å². The van der Waals surface area contributed by atoms with Crippen LogP contribution >= 0.6 is 11.3 Å². The average Bonchev–Trinajstić information content (AvgIpc) is 3.49. The lowest BCUT2D eigenvalue weighted by molar-refractivity contribution is 1.04. The van der Waals surface area contributed by atoms with E-state index in [9.17, 15) is 0 Å². The first-order valence-corrected chi connectivity index (χ1v) is 22.4. The highest BCUT2D eigenvalue weighted by atomic mass is 32.1. The molecule has 0 bridgehead atoms. The summed E-state index contributed by atoms with van der Waals surface area (Å²) in [5.41, 5.74) is 14.5. The van der Waals surface area contributed by atoms with Crippen LogP contribution in [0.2, 0.25) is 0 Å². The zero-order valence-electron chi connectivity index (χ0n) is 35.5. The fourth-order valence-corrected chi connectivity index (χ4v) is 9.31. The summed E-state index contributed by atoms with van der Waals surface area (Å²) >= 11 is 1.83. The summed E-state index contributed by atoms with van der Waals surface area (Å²) in [5, 5.41) is 2.49. The van der Waals surface area contributed by atoms with Crippen molar-refractivity contribution in [3.63, 3.8) is 0 Å². The van der Waals surface area contributed by atoms with Crippen LogP contribution in [0.3, 0.4) is 0 Å². The highest BCUT2D eigenvalue weighted by Crippen LogP contribution is 2.40. The first-order valence-electron chi connectivity index (χ1n) is 21.6. The molecule has 3 aromatic heterocycles. The van der Waals surface area contributed by atoms with Crippen LogP contribution in [-0.2, 0) is 6.42 Å². The van der Waals surface area contributed by atoms with Gasteiger partial charge in [-0.3, -0.25) is 0 Å². The van der Waals surface area contributed by atoms with E-state index in [0.29, 0.717) is 5.82 Å². The maximum atomic E-state index is 5.13. The molecule has 0 saturated heterocycles. The highest BCUT2D eigenvalue weighted by Gasteiger charge is 2.15. The smallest absolute Gasteiger partial charge is 0.160 e. The van der Waals surface area contributed by atoms with Gasteiger partial charge in [0, 0.05) is 54.6 Å². The molecule has 1 aliphatic rings. The van der Waals surface area contributed by atoms with Gasteiger partial charge in [0.15, 0.2) is 11.6 Å². The van der Waals surface area contributed by atoms with E-state index in [0.717, 1.165) is 91.5 Å². The minimum Gasteiger partial charge on any atom is -0.233 e. The van der Waals surface area contributed by atoms with Crippen LogP contribution in [0.1, 0.15) is 36.1 Å². The van der Waals surface area contributed by atoms with E-state index >= 15 is 0 Å². The van der Waals surface area contributed by atoms with Gasteiger partial charge in [0.25, 0.3) is 0 Å². The Morgan fingerprint density at radius 3 is 1.86 bits per heavy atom. The maximum Gasteiger partial charge on any atom is 0.160 e. The minimum absolute atomic E-state index is 0.660. The quantitative estimate of drug-likeness (QED) is 0.122. The monoisotopic (exact) mass is 840 g/mol. The summed E-state index contributed by atoms with van der Waals surface area (Å²) in [5.74, 6) is 1.39. The number of benzene rings is 6. The first kappa shape index (κ1) is 40.2. The number of hydrogen-bond acceptors (Lipinski definition) is 5. The number of allylic oxidation sites excluding steroid dienone is 11. The molecule has 10 rings (SSSR count). The van der Waals surface area contributed by atoms with Crippen molar-refractivity contribution in [3.8, 4) is 56.2 Å². The van der Waals surface area contributed by atoms with Gasteiger partial charge in [-0.2, -0.15) is 0 Å². The van der Waals surface area contributed by atoms with Gasteiger partial charge in [0.05, 0.1) is 17.1 Å². The van der Waals surface area contributed by atoms with E-state index in [1.807, 2.05) is 60.8 Å². The van der Waals surface area contributed by atoms with E-state index in [4.69, 9.17) is 19.9 Å². The molecule has 0 atom stereocenters. The molecule has 5 heteroatoms. The zero-order valence-corrected chi connectivity index (χ0v) is 36.3. The maximum absolute atomic E-state index is 5.13. The molecular formula is C59H44N4S. The Morgan fingerprint density at radius 1 is 0.578 bits per heavy atom. The van der Waals surface area contributed by atoms with Gasteiger partial charge in [-0.15, -0.1) is 11.3 Å². The molecule has 3 heterocycles. The van der Waals surface area contributed by atoms with Gasteiger partial charge in [0.1, 0.15) is 0 Å². The topological polar surface area (TPSA) is 51.6 Å². The molecule has 4 nitrogen and oxygen atoms in total. The molecule has 0 amide bonds. The third-order valence-electron chi connectivity index (χ3n) is 11.4. The van der Waals surface area contributed by atoms with Gasteiger partial charge in [0.2, 0.25) is 0 Å². The molecule has 6 aromatic carbocycles. The summed E-state index contributed by atoms with van der Waals surface area (Å²) in [6.07, 6.45) is 20.1. The van der Waals surface area contributed by atoms with E-state index in [-0.39, 0.29) is 0 Å². The van der Waals surface area contributed by atoms with Gasteiger partial charge in [-0.25, -0.2) is 19.9 Å². The zero-order chi connectivity index (χ0) is 43.2. The molecule has 0 saturated carbocycles. The van der Waals surface area contributed by atoms with Crippen LogP contribution in [0.4, 0.5) is 0 Å². The normalized spacial score (nSPS) is 12.8. The van der Waals surface area contributed by atoms with Crippen LogP contribution < -0.4 is 0 Å². The Hall–Kier alpha value is -7.86. The molecule has 0 aliphatic heterocycles. The Labute approximate surface area is 378 Å². The number of aromatic nitrogens is 4. The summed E-state index contributed by atoms with van der Waals surface area (Å²) in [4.78, 5) is 20.3. The summed E-state index contributed by atoms with van der Waals surface area (Å²) in [6, 6.07) is 56.1. The number of thiophene rings is 1. The van der Waals surface area contributed by atoms with Crippen molar-refractivity contribution < 1.29 is 0 Å². The largest absolute Gasteiger partial charge is 0.233 e. The number of nitrogens with zero attached hydrogens (tertiary/aromatic N) is 4. The highest BCUT2D eigenvalue weighted by molar-refractivity contribution is 7.25. The Morgan fingerprint density at radius 2 is 1.19 bits per heavy atom. The van der Waals surface area contributed by atoms with Crippen molar-refractivity contribution in [2.24, 2.45) is 0 Å². The molecule has 306 valence electrons. The van der Waals surface area contributed by atoms with Crippen LogP contribution in [0, 0.1) is 0 Å². The predicted molar refractivity (Wildman–Crippen MR) is 271 cm³/mol. The van der Waals surface area contributed by atoms with E-state index in [1.54, 1.807) is 6.08 Å². The van der Waals surface area contributed by atoms with Crippen molar-refractivity contribution in [3.05, 3.63) is 242 Å². The summed E-state index contributed by atoms with van der Waals surface area (Å²) in [7, 11) is 0. The lowest BCUT2D eigenvalue weighted by Crippen LogP contribution is -2.00. The van der Waals surface area contributed by atoms with Crippen molar-refractivity contribution >= 4 is 42.7 Å². The number of rotatable bonds is 11. The lowest BCUT2D eigenvalue weighted by Gasteiger charge is -2.11. The van der Waals surface area contributed by atoms with E-state index in [2.05, 4.69) is 170 Å². The van der Waals surface area contributed by atoms with Crippen LogP contribution in [0.15, 0.2) is 219 Å².